The molecule has 1 aliphatic carbocycles. The van der Waals surface area contributed by atoms with Gasteiger partial charge in [-0.3, -0.25) is 19.0 Å². The molecule has 36 heavy (non-hydrogen) atoms. The maximum absolute atomic E-state index is 13.4. The second kappa shape index (κ2) is 12.3. The van der Waals surface area contributed by atoms with E-state index in [9.17, 15) is 14.4 Å². The van der Waals surface area contributed by atoms with Gasteiger partial charge in [0.15, 0.2) is 5.16 Å². The Morgan fingerprint density at radius 1 is 1.17 bits per heavy atom. The van der Waals surface area contributed by atoms with Crippen LogP contribution < -0.4 is 16.2 Å². The van der Waals surface area contributed by atoms with Crippen molar-refractivity contribution in [1.82, 2.24) is 20.2 Å². The predicted octanol–water partition coefficient (Wildman–Crippen LogP) is 4.12. The summed E-state index contributed by atoms with van der Waals surface area (Å²) in [6.45, 7) is 4.93. The number of thioether (sulfide) groups is 1. The maximum Gasteiger partial charge on any atom is 0.262 e. The number of nitrogens with one attached hydrogen (secondary N) is 2. The van der Waals surface area contributed by atoms with Crippen molar-refractivity contribution in [3.63, 3.8) is 0 Å². The van der Waals surface area contributed by atoms with Crippen molar-refractivity contribution in [3.8, 4) is 0 Å². The number of hydrogen-bond acceptors (Lipinski definition) is 6. The first-order chi connectivity index (χ1) is 17.4. The van der Waals surface area contributed by atoms with Gasteiger partial charge in [0.1, 0.15) is 5.76 Å². The van der Waals surface area contributed by atoms with Gasteiger partial charge in [-0.05, 0) is 69.2 Å². The molecule has 9 heteroatoms. The topological polar surface area (TPSA) is 106 Å². The molecule has 192 valence electrons. The summed E-state index contributed by atoms with van der Waals surface area (Å²) < 4.78 is 7.01. The number of aromatic nitrogens is 2. The number of benzene rings is 1. The van der Waals surface area contributed by atoms with E-state index >= 15 is 0 Å². The Bertz CT molecular complexity index is 1230. The third-order valence-corrected chi connectivity index (χ3v) is 7.83. The molecule has 0 saturated heterocycles. The molecule has 8 nitrogen and oxygen atoms in total. The van der Waals surface area contributed by atoms with Gasteiger partial charge in [-0.15, -0.1) is 0 Å². The highest BCUT2D eigenvalue weighted by molar-refractivity contribution is 7.99. The summed E-state index contributed by atoms with van der Waals surface area (Å²) >= 11 is 1.30. The number of para-hydroxylation sites is 1. The summed E-state index contributed by atoms with van der Waals surface area (Å²) in [6, 6.07) is 11.1. The zero-order chi connectivity index (χ0) is 25.5. The Balaban J connectivity index is 1.41. The zero-order valence-electron chi connectivity index (χ0n) is 20.9. The summed E-state index contributed by atoms with van der Waals surface area (Å²) in [5.74, 6) is 1.18. The number of rotatable bonds is 10. The fraction of sp³-hybridized carbons (Fsp3) is 0.481. The highest BCUT2D eigenvalue weighted by atomic mass is 32.2. The van der Waals surface area contributed by atoms with Crippen molar-refractivity contribution in [1.29, 1.82) is 0 Å². The van der Waals surface area contributed by atoms with E-state index in [2.05, 4.69) is 10.6 Å². The van der Waals surface area contributed by atoms with Crippen LogP contribution >= 0.6 is 11.8 Å². The average molecular weight is 511 g/mol. The fourth-order valence-electron chi connectivity index (χ4n) is 4.56. The van der Waals surface area contributed by atoms with Gasteiger partial charge < -0.3 is 15.1 Å². The largest absolute Gasteiger partial charge is 0.467 e. The molecule has 1 aromatic carbocycles. The first-order valence-electron chi connectivity index (χ1n) is 12.7. The van der Waals surface area contributed by atoms with Crippen LogP contribution in [0.3, 0.4) is 0 Å². The lowest BCUT2D eigenvalue weighted by atomic mass is 9.81. The molecule has 0 radical (unpaired) electrons. The minimum Gasteiger partial charge on any atom is -0.467 e. The van der Waals surface area contributed by atoms with Crippen molar-refractivity contribution in [2.24, 2.45) is 11.8 Å². The van der Waals surface area contributed by atoms with Gasteiger partial charge >= 0.3 is 0 Å². The summed E-state index contributed by atoms with van der Waals surface area (Å²) in [4.78, 5) is 43.1. The van der Waals surface area contributed by atoms with Gasteiger partial charge in [0, 0.05) is 18.5 Å². The molecule has 2 aromatic heterocycles. The van der Waals surface area contributed by atoms with Crippen LogP contribution in [0.15, 0.2) is 57.0 Å². The van der Waals surface area contributed by atoms with Gasteiger partial charge in [-0.2, -0.15) is 0 Å². The Morgan fingerprint density at radius 2 is 1.94 bits per heavy atom. The van der Waals surface area contributed by atoms with E-state index in [1.165, 1.54) is 11.8 Å². The standard InChI is InChI=1S/C27H34N4O4S/c1-3-18(2)29-24(32)17-36-27-30-23-9-5-4-8-22(23)26(34)31(27)16-19-10-12-20(13-11-19)25(33)28-15-21-7-6-14-35-21/h4-9,14,18-20H,3,10-13,15-17H2,1-2H3,(H,28,33)(H,29,32). The van der Waals surface area contributed by atoms with E-state index in [1.54, 1.807) is 23.0 Å². The number of fused-ring (bicyclic) bond motifs is 1. The first-order valence-corrected chi connectivity index (χ1v) is 13.6. The van der Waals surface area contributed by atoms with Crippen LogP contribution in [0.1, 0.15) is 51.7 Å². The van der Waals surface area contributed by atoms with Crippen LogP contribution in [0.4, 0.5) is 0 Å². The maximum atomic E-state index is 13.4. The molecular weight excluding hydrogens is 476 g/mol. The van der Waals surface area contributed by atoms with Crippen LogP contribution in [0.2, 0.25) is 0 Å². The normalized spacial score (nSPS) is 18.6. The number of hydrogen-bond donors (Lipinski definition) is 2. The van der Waals surface area contributed by atoms with Gasteiger partial charge in [0.25, 0.3) is 5.56 Å². The molecule has 1 saturated carbocycles. The molecule has 1 aliphatic rings. The van der Waals surface area contributed by atoms with Gasteiger partial charge in [0.05, 0.1) is 29.5 Å². The number of nitrogens with zero attached hydrogens (tertiary/aromatic N) is 2. The first kappa shape index (κ1) is 26.0. The summed E-state index contributed by atoms with van der Waals surface area (Å²) in [5, 5.41) is 7.08. The molecule has 0 aliphatic heterocycles. The molecule has 4 rings (SSSR count). The minimum atomic E-state index is -0.0799. The van der Waals surface area contributed by atoms with E-state index in [0.29, 0.717) is 29.1 Å². The number of carbonyl (C=O) groups excluding carboxylic acids is 2. The van der Waals surface area contributed by atoms with Gasteiger partial charge in [0.2, 0.25) is 11.8 Å². The molecule has 1 atom stereocenters. The third-order valence-electron chi connectivity index (χ3n) is 6.85. The lowest BCUT2D eigenvalue weighted by Crippen LogP contribution is -2.35. The highest BCUT2D eigenvalue weighted by Crippen LogP contribution is 2.31. The molecule has 1 unspecified atom stereocenters. The van der Waals surface area contributed by atoms with Crippen LogP contribution in [0.5, 0.6) is 0 Å². The number of furan rings is 1. The smallest absolute Gasteiger partial charge is 0.262 e. The quantitative estimate of drug-likeness (QED) is 0.314. The SMILES string of the molecule is CCC(C)NC(=O)CSc1nc2ccccc2c(=O)n1CC1CCC(C(=O)NCc2ccco2)CC1. The van der Waals surface area contributed by atoms with Crippen LogP contribution in [0.25, 0.3) is 10.9 Å². The number of carbonyl (C=O) groups is 2. The van der Waals surface area contributed by atoms with Gasteiger partial charge in [-0.1, -0.05) is 30.8 Å². The third kappa shape index (κ3) is 6.57. The lowest BCUT2D eigenvalue weighted by Gasteiger charge is -2.28. The summed E-state index contributed by atoms with van der Waals surface area (Å²) in [6.07, 6.45) is 5.74. The van der Waals surface area contributed by atoms with Crippen molar-refractivity contribution in [3.05, 3.63) is 58.8 Å². The molecule has 0 spiro atoms. The van der Waals surface area contributed by atoms with Gasteiger partial charge in [-0.25, -0.2) is 4.98 Å². The summed E-state index contributed by atoms with van der Waals surface area (Å²) in [7, 11) is 0. The predicted molar refractivity (Wildman–Crippen MR) is 141 cm³/mol. The van der Waals surface area contributed by atoms with Crippen LogP contribution in [-0.4, -0.2) is 33.2 Å². The lowest BCUT2D eigenvalue weighted by molar-refractivity contribution is -0.126. The minimum absolute atomic E-state index is 0.0271. The van der Waals surface area contributed by atoms with E-state index in [0.717, 1.165) is 37.9 Å². The fourth-order valence-corrected chi connectivity index (χ4v) is 5.38. The Labute approximate surface area is 215 Å². The Hall–Kier alpha value is -3.07. The van der Waals surface area contributed by atoms with Crippen molar-refractivity contribution >= 4 is 34.5 Å². The van der Waals surface area contributed by atoms with Crippen LogP contribution in [-0.2, 0) is 22.7 Å². The zero-order valence-corrected chi connectivity index (χ0v) is 21.7. The van der Waals surface area contributed by atoms with Crippen molar-refractivity contribution < 1.29 is 14.0 Å². The van der Waals surface area contributed by atoms with E-state index in [4.69, 9.17) is 9.40 Å². The number of amides is 2. The molecule has 2 amide bonds. The summed E-state index contributed by atoms with van der Waals surface area (Å²) in [5.41, 5.74) is 0.560. The Kier molecular flexibility index (Phi) is 8.85. The molecule has 3 aromatic rings. The second-order valence-electron chi connectivity index (χ2n) is 9.51. The highest BCUT2D eigenvalue weighted by Gasteiger charge is 2.27. The molecule has 2 heterocycles. The van der Waals surface area contributed by atoms with E-state index in [-0.39, 0.29) is 41.0 Å². The Morgan fingerprint density at radius 3 is 2.67 bits per heavy atom. The molecule has 0 bridgehead atoms. The van der Waals surface area contributed by atoms with E-state index < -0.39 is 0 Å². The monoisotopic (exact) mass is 510 g/mol. The van der Waals surface area contributed by atoms with Crippen molar-refractivity contribution in [2.45, 2.75) is 70.2 Å². The second-order valence-corrected chi connectivity index (χ2v) is 10.5. The average Bonchev–Trinajstić information content (AvgIpc) is 3.42. The van der Waals surface area contributed by atoms with Crippen molar-refractivity contribution in [2.75, 3.05) is 5.75 Å². The molecule has 1 fully saturated rings. The molecular formula is C27H34N4O4S. The van der Waals surface area contributed by atoms with E-state index in [1.807, 2.05) is 38.1 Å². The van der Waals surface area contributed by atoms with Crippen LogP contribution in [0, 0.1) is 11.8 Å². The molecule has 2 N–H and O–H groups in total.